The molecule has 0 aliphatic carbocycles. The monoisotopic (exact) mass is 466 g/mol. The summed E-state index contributed by atoms with van der Waals surface area (Å²) in [6, 6.07) is 6.89. The van der Waals surface area contributed by atoms with E-state index in [9.17, 15) is 13.2 Å². The molecule has 0 amide bonds. The van der Waals surface area contributed by atoms with E-state index in [1.54, 1.807) is 37.3 Å². The highest BCUT2D eigenvalue weighted by Crippen LogP contribution is 2.26. The molecule has 2 heterocycles. The first kappa shape index (κ1) is 22.4. The molecule has 0 radical (unpaired) electrons. The van der Waals surface area contributed by atoms with Crippen molar-refractivity contribution in [2.75, 3.05) is 7.11 Å². The van der Waals surface area contributed by atoms with Gasteiger partial charge in [0, 0.05) is 16.3 Å². The average molecular weight is 467 g/mol. The van der Waals surface area contributed by atoms with Crippen LogP contribution in [-0.2, 0) is 26.2 Å². The summed E-state index contributed by atoms with van der Waals surface area (Å²) in [7, 11) is -2.40. The average Bonchev–Trinajstić information content (AvgIpc) is 3.42. The molecule has 1 N–H and O–H groups in total. The molecule has 1 aromatic carbocycles. The SMILES string of the molecule is COc1ccc(S(=O)(=O)N[C@H](C(=O)OCc2csc(-c3ccsc3)n2)C(C)C)cc1. The molecular weight excluding hydrogens is 444 g/mol. The predicted molar refractivity (Wildman–Crippen MR) is 117 cm³/mol. The van der Waals surface area contributed by atoms with Crippen LogP contribution in [0, 0.1) is 5.92 Å². The number of carbonyl (C=O) groups is 1. The third-order valence-electron chi connectivity index (χ3n) is 4.25. The molecular formula is C20H22N2O5S3. The molecule has 0 saturated carbocycles. The third-order valence-corrected chi connectivity index (χ3v) is 7.34. The predicted octanol–water partition coefficient (Wildman–Crippen LogP) is 3.93. The molecule has 1 atom stereocenters. The molecule has 0 aliphatic heterocycles. The number of methoxy groups -OCH3 is 1. The van der Waals surface area contributed by atoms with Gasteiger partial charge in [-0.15, -0.1) is 11.3 Å². The Labute approximate surface area is 183 Å². The van der Waals surface area contributed by atoms with Crippen molar-refractivity contribution in [3.8, 4) is 16.3 Å². The molecule has 10 heteroatoms. The lowest BCUT2D eigenvalue weighted by atomic mass is 10.1. The van der Waals surface area contributed by atoms with Gasteiger partial charge in [0.05, 0.1) is 17.7 Å². The van der Waals surface area contributed by atoms with Crippen LogP contribution in [0.15, 0.2) is 51.4 Å². The van der Waals surface area contributed by atoms with Gasteiger partial charge < -0.3 is 9.47 Å². The number of thiazole rings is 1. The van der Waals surface area contributed by atoms with E-state index in [4.69, 9.17) is 9.47 Å². The van der Waals surface area contributed by atoms with Crippen molar-refractivity contribution in [2.24, 2.45) is 5.92 Å². The number of nitrogens with one attached hydrogen (secondary N) is 1. The summed E-state index contributed by atoms with van der Waals surface area (Å²) in [6.45, 7) is 3.48. The number of esters is 1. The minimum Gasteiger partial charge on any atom is -0.497 e. The first-order chi connectivity index (χ1) is 14.3. The van der Waals surface area contributed by atoms with E-state index in [2.05, 4.69) is 9.71 Å². The van der Waals surface area contributed by atoms with Crippen molar-refractivity contribution in [3.63, 3.8) is 0 Å². The maximum atomic E-state index is 12.7. The number of nitrogens with zero attached hydrogens (tertiary/aromatic N) is 1. The lowest BCUT2D eigenvalue weighted by Gasteiger charge is -2.20. The molecule has 0 bridgehead atoms. The molecule has 3 aromatic rings. The topological polar surface area (TPSA) is 94.6 Å². The van der Waals surface area contributed by atoms with E-state index in [1.165, 1.54) is 30.6 Å². The van der Waals surface area contributed by atoms with Gasteiger partial charge in [-0.25, -0.2) is 13.4 Å². The van der Waals surface area contributed by atoms with Crippen LogP contribution in [0.2, 0.25) is 0 Å². The summed E-state index contributed by atoms with van der Waals surface area (Å²) in [4.78, 5) is 17.1. The van der Waals surface area contributed by atoms with Crippen LogP contribution < -0.4 is 9.46 Å². The highest BCUT2D eigenvalue weighted by atomic mass is 32.2. The minimum absolute atomic E-state index is 0.0209. The van der Waals surface area contributed by atoms with E-state index in [-0.39, 0.29) is 17.4 Å². The number of thiophene rings is 1. The molecule has 2 aromatic heterocycles. The number of sulfonamides is 1. The summed E-state index contributed by atoms with van der Waals surface area (Å²) in [6.07, 6.45) is 0. The Hall–Kier alpha value is -2.27. The van der Waals surface area contributed by atoms with Gasteiger partial charge in [-0.3, -0.25) is 4.79 Å². The number of benzene rings is 1. The fraction of sp³-hybridized carbons (Fsp3) is 0.300. The highest BCUT2D eigenvalue weighted by molar-refractivity contribution is 7.89. The Kier molecular flexibility index (Phi) is 7.24. The maximum absolute atomic E-state index is 12.7. The molecule has 7 nitrogen and oxygen atoms in total. The van der Waals surface area contributed by atoms with Crippen LogP contribution in [0.25, 0.3) is 10.6 Å². The number of hydrogen-bond acceptors (Lipinski definition) is 8. The second-order valence-electron chi connectivity index (χ2n) is 6.78. The second-order valence-corrected chi connectivity index (χ2v) is 10.1. The van der Waals surface area contributed by atoms with Crippen LogP contribution in [0.4, 0.5) is 0 Å². The zero-order valence-corrected chi connectivity index (χ0v) is 19.1. The summed E-state index contributed by atoms with van der Waals surface area (Å²) >= 11 is 3.05. The van der Waals surface area contributed by atoms with Crippen LogP contribution >= 0.6 is 22.7 Å². The van der Waals surface area contributed by atoms with Crippen LogP contribution in [0.1, 0.15) is 19.5 Å². The normalized spacial score (nSPS) is 12.7. The van der Waals surface area contributed by atoms with E-state index in [0.29, 0.717) is 11.4 Å². The van der Waals surface area contributed by atoms with Crippen molar-refractivity contribution in [1.82, 2.24) is 9.71 Å². The van der Waals surface area contributed by atoms with Gasteiger partial charge in [0.1, 0.15) is 23.4 Å². The highest BCUT2D eigenvalue weighted by Gasteiger charge is 2.30. The smallest absolute Gasteiger partial charge is 0.324 e. The standard InChI is InChI=1S/C20H22N2O5S3/c1-13(2)18(22-30(24,25)17-6-4-16(26-3)5-7-17)20(23)27-10-15-12-29-19(21-15)14-8-9-28-11-14/h4-9,11-13,18,22H,10H2,1-3H3/t18-/m0/s1. The Balaban J connectivity index is 1.65. The number of carbonyl (C=O) groups excluding carboxylic acids is 1. The quantitative estimate of drug-likeness (QED) is 0.480. The van der Waals surface area contributed by atoms with E-state index >= 15 is 0 Å². The number of ether oxygens (including phenoxy) is 2. The summed E-state index contributed by atoms with van der Waals surface area (Å²) in [5.74, 6) is -0.409. The fourth-order valence-corrected chi connectivity index (χ4v) is 5.42. The summed E-state index contributed by atoms with van der Waals surface area (Å²) < 4.78 is 38.2. The Bertz CT molecular complexity index is 1070. The number of aromatic nitrogens is 1. The molecule has 0 unspecified atom stereocenters. The third kappa shape index (κ3) is 5.45. The molecule has 0 fully saturated rings. The van der Waals surface area contributed by atoms with Gasteiger partial charge in [0.25, 0.3) is 0 Å². The molecule has 0 spiro atoms. The zero-order chi connectivity index (χ0) is 21.7. The largest absolute Gasteiger partial charge is 0.497 e. The first-order valence-electron chi connectivity index (χ1n) is 9.10. The van der Waals surface area contributed by atoms with Crippen molar-refractivity contribution < 1.29 is 22.7 Å². The lowest BCUT2D eigenvalue weighted by Crippen LogP contribution is -2.45. The molecule has 0 saturated heterocycles. The van der Waals surface area contributed by atoms with Gasteiger partial charge >= 0.3 is 5.97 Å². The van der Waals surface area contributed by atoms with E-state index in [0.717, 1.165) is 10.6 Å². The van der Waals surface area contributed by atoms with Crippen molar-refractivity contribution in [1.29, 1.82) is 0 Å². The van der Waals surface area contributed by atoms with E-state index < -0.39 is 22.0 Å². The van der Waals surface area contributed by atoms with Gasteiger partial charge in [-0.2, -0.15) is 16.1 Å². The van der Waals surface area contributed by atoms with Gasteiger partial charge in [0.15, 0.2) is 0 Å². The number of rotatable bonds is 9. The van der Waals surface area contributed by atoms with Gasteiger partial charge in [-0.05, 0) is 41.6 Å². The van der Waals surface area contributed by atoms with Crippen LogP contribution in [0.5, 0.6) is 5.75 Å². The Morgan fingerprint density at radius 3 is 2.50 bits per heavy atom. The zero-order valence-electron chi connectivity index (χ0n) is 16.7. The lowest BCUT2D eigenvalue weighted by molar-refractivity contribution is -0.148. The fourth-order valence-electron chi connectivity index (χ4n) is 2.57. The van der Waals surface area contributed by atoms with Crippen LogP contribution in [0.3, 0.4) is 0 Å². The number of hydrogen-bond donors (Lipinski definition) is 1. The Morgan fingerprint density at radius 1 is 1.17 bits per heavy atom. The van der Waals surface area contributed by atoms with Crippen molar-refractivity contribution >= 4 is 38.7 Å². The van der Waals surface area contributed by atoms with Gasteiger partial charge in [-0.1, -0.05) is 13.8 Å². The van der Waals surface area contributed by atoms with Crippen molar-refractivity contribution in [2.45, 2.75) is 31.4 Å². The maximum Gasteiger partial charge on any atom is 0.324 e. The van der Waals surface area contributed by atoms with Crippen molar-refractivity contribution in [3.05, 3.63) is 52.2 Å². The summed E-state index contributed by atoms with van der Waals surface area (Å²) in [5, 5.41) is 6.64. The molecule has 3 rings (SSSR count). The van der Waals surface area contributed by atoms with Gasteiger partial charge in [0.2, 0.25) is 10.0 Å². The van der Waals surface area contributed by atoms with Crippen LogP contribution in [-0.4, -0.2) is 32.5 Å². The minimum atomic E-state index is -3.90. The molecule has 30 heavy (non-hydrogen) atoms. The molecule has 160 valence electrons. The second kappa shape index (κ2) is 9.69. The Morgan fingerprint density at radius 2 is 1.90 bits per heavy atom. The molecule has 0 aliphatic rings. The first-order valence-corrected chi connectivity index (χ1v) is 12.4. The van der Waals surface area contributed by atoms with E-state index in [1.807, 2.05) is 22.2 Å². The summed E-state index contributed by atoms with van der Waals surface area (Å²) in [5.41, 5.74) is 1.64.